The second-order valence-corrected chi connectivity index (χ2v) is 13.6. The van der Waals surface area contributed by atoms with E-state index < -0.39 is 48.8 Å². The van der Waals surface area contributed by atoms with Gasteiger partial charge in [-0.1, -0.05) is 22.6 Å². The summed E-state index contributed by atoms with van der Waals surface area (Å²) in [5, 5.41) is 0. The summed E-state index contributed by atoms with van der Waals surface area (Å²) >= 11 is 1.99. The highest BCUT2D eigenvalue weighted by atomic mass is 127. The molecule has 0 aromatic rings. The fourth-order valence-corrected chi connectivity index (χ4v) is 6.21. The average molecular weight is 550 g/mol. The Morgan fingerprint density at radius 3 is 2.21 bits per heavy atom. The molecule has 11 heteroatoms. The zero-order valence-corrected chi connectivity index (χ0v) is 19.2. The number of hydrogen-bond donors (Lipinski definition) is 1. The molecular weight excluding hydrogens is 525 g/mol. The summed E-state index contributed by atoms with van der Waals surface area (Å²) in [6.45, 7) is 2.05. The van der Waals surface area contributed by atoms with Crippen LogP contribution in [0.1, 0.15) is 52.4 Å². The molecule has 7 nitrogen and oxygen atoms in total. The van der Waals surface area contributed by atoms with Crippen molar-refractivity contribution in [2.75, 3.05) is 12.4 Å². The lowest BCUT2D eigenvalue weighted by molar-refractivity contribution is -0.216. The molecule has 166 valence electrons. The molecule has 0 saturated heterocycles. The van der Waals surface area contributed by atoms with Gasteiger partial charge < -0.3 is 9.47 Å². The summed E-state index contributed by atoms with van der Waals surface area (Å²) in [5.41, 5.74) is -1.80. The molecule has 0 aromatic carbocycles. The quantitative estimate of drug-likeness (QED) is 0.225. The van der Waals surface area contributed by atoms with Gasteiger partial charge in [-0.25, -0.2) is 8.78 Å². The largest absolute Gasteiger partial charge is 0.459 e. The number of alkyl halides is 3. The molecule has 0 aliphatic heterocycles. The zero-order chi connectivity index (χ0) is 21.9. The van der Waals surface area contributed by atoms with E-state index in [1.54, 1.807) is 13.8 Å². The number of hydrogen-bond acceptors (Lipinski definition) is 6. The van der Waals surface area contributed by atoms with Gasteiger partial charge in [-0.15, -0.1) is 0 Å². The van der Waals surface area contributed by atoms with E-state index in [-0.39, 0.29) is 24.2 Å². The molecule has 0 radical (unpaired) electrons. The van der Waals surface area contributed by atoms with Gasteiger partial charge in [-0.3, -0.25) is 14.1 Å². The minimum absolute atomic E-state index is 0.146. The van der Waals surface area contributed by atoms with Crippen LogP contribution in [-0.4, -0.2) is 52.2 Å². The Balaban J connectivity index is 1.74. The lowest BCUT2D eigenvalue weighted by Gasteiger charge is -2.60. The Morgan fingerprint density at radius 2 is 1.72 bits per heavy atom. The molecule has 0 amide bonds. The van der Waals surface area contributed by atoms with E-state index in [9.17, 15) is 26.8 Å². The molecule has 2 atom stereocenters. The second kappa shape index (κ2) is 7.25. The summed E-state index contributed by atoms with van der Waals surface area (Å²) in [6, 6.07) is 0. The smallest absolute Gasteiger partial charge is 0.322 e. The highest BCUT2D eigenvalue weighted by molar-refractivity contribution is 14.1. The fourth-order valence-electron chi connectivity index (χ4n) is 5.49. The van der Waals surface area contributed by atoms with Crippen LogP contribution in [0, 0.1) is 17.3 Å². The second-order valence-electron chi connectivity index (χ2n) is 9.44. The minimum Gasteiger partial charge on any atom is -0.459 e. The van der Waals surface area contributed by atoms with Crippen molar-refractivity contribution in [3.63, 3.8) is 0 Å². The van der Waals surface area contributed by atoms with Gasteiger partial charge in [0.1, 0.15) is 14.8 Å². The van der Waals surface area contributed by atoms with Crippen LogP contribution < -0.4 is 0 Å². The number of halogens is 3. The van der Waals surface area contributed by atoms with Crippen molar-refractivity contribution in [2.24, 2.45) is 17.3 Å². The molecule has 0 aromatic heterocycles. The maximum atomic E-state index is 13.7. The van der Waals surface area contributed by atoms with Crippen molar-refractivity contribution in [1.29, 1.82) is 0 Å². The van der Waals surface area contributed by atoms with Crippen molar-refractivity contribution >= 4 is 44.6 Å². The molecule has 4 rings (SSSR count). The van der Waals surface area contributed by atoms with Crippen molar-refractivity contribution in [1.82, 2.24) is 0 Å². The van der Waals surface area contributed by atoms with Crippen molar-refractivity contribution in [2.45, 2.75) is 67.3 Å². The lowest BCUT2D eigenvalue weighted by Crippen LogP contribution is -2.60. The Hall–Kier alpha value is -0.560. The molecule has 4 saturated carbocycles. The maximum absolute atomic E-state index is 13.7. The third-order valence-electron chi connectivity index (χ3n) is 6.04. The SMILES string of the molecule is CC(C)(I)C(=O)OC12CC3CC(C1)CC(C(=O)OCC(F)(F)CS(=O)(=O)O)(C3)C2. The first-order valence-corrected chi connectivity index (χ1v) is 12.1. The van der Waals surface area contributed by atoms with Crippen molar-refractivity contribution < 1.29 is 40.8 Å². The van der Waals surface area contributed by atoms with Crippen LogP contribution in [0.15, 0.2) is 0 Å². The van der Waals surface area contributed by atoms with E-state index in [0.717, 1.165) is 6.42 Å². The highest BCUT2D eigenvalue weighted by Crippen LogP contribution is 2.63. The highest BCUT2D eigenvalue weighted by Gasteiger charge is 2.63. The van der Waals surface area contributed by atoms with Crippen molar-refractivity contribution in [3.05, 3.63) is 0 Å². The third kappa shape index (κ3) is 5.20. The van der Waals surface area contributed by atoms with Gasteiger partial charge in [0.05, 0.1) is 5.41 Å². The summed E-state index contributed by atoms with van der Waals surface area (Å²) in [7, 11) is -4.91. The van der Waals surface area contributed by atoms with Crippen LogP contribution in [-0.2, 0) is 29.2 Å². The normalized spacial score (nSPS) is 34.1. The Morgan fingerprint density at radius 1 is 1.17 bits per heavy atom. The number of rotatable bonds is 7. The molecule has 1 N–H and O–H groups in total. The molecule has 0 spiro atoms. The summed E-state index contributed by atoms with van der Waals surface area (Å²) in [4.78, 5) is 25.3. The molecule has 4 bridgehead atoms. The summed E-state index contributed by atoms with van der Waals surface area (Å²) < 4.78 is 67.6. The standard InChI is InChI=1S/C18H25F2IO7S/c1-15(2,21)13(22)28-17-6-11-3-12(7-17)5-16(4-11,8-17)14(23)27-9-18(19,20)10-29(24,25)26/h11-12H,3-10H2,1-2H3,(H,24,25,26). The predicted octanol–water partition coefficient (Wildman–Crippen LogP) is 3.15. The van der Waals surface area contributed by atoms with Gasteiger partial charge in [0, 0.05) is 6.42 Å². The molecule has 4 aliphatic rings. The first-order valence-electron chi connectivity index (χ1n) is 9.46. The Labute approximate surface area is 182 Å². The molecular formula is C18H25F2IO7S. The number of carbonyl (C=O) groups excluding carboxylic acids is 2. The predicted molar refractivity (Wildman–Crippen MR) is 106 cm³/mol. The van der Waals surface area contributed by atoms with E-state index in [1.807, 2.05) is 22.6 Å². The maximum Gasteiger partial charge on any atom is 0.322 e. The first-order chi connectivity index (χ1) is 13.0. The Bertz CT molecular complexity index is 792. The van der Waals surface area contributed by atoms with Gasteiger partial charge in [0.2, 0.25) is 0 Å². The summed E-state index contributed by atoms with van der Waals surface area (Å²) in [6.07, 6.45) is 3.40. The van der Waals surface area contributed by atoms with E-state index in [4.69, 9.17) is 14.0 Å². The van der Waals surface area contributed by atoms with Gasteiger partial charge in [0.15, 0.2) is 6.61 Å². The molecule has 0 heterocycles. The fraction of sp³-hybridized carbons (Fsp3) is 0.889. The average Bonchev–Trinajstić information content (AvgIpc) is 2.47. The van der Waals surface area contributed by atoms with Crippen LogP contribution >= 0.6 is 22.6 Å². The van der Waals surface area contributed by atoms with E-state index in [0.29, 0.717) is 25.7 Å². The van der Waals surface area contributed by atoms with Gasteiger partial charge >= 0.3 is 11.9 Å². The number of esters is 2. The van der Waals surface area contributed by atoms with Gasteiger partial charge in [-0.2, -0.15) is 8.42 Å². The molecule has 2 unspecified atom stereocenters. The zero-order valence-electron chi connectivity index (χ0n) is 16.3. The monoisotopic (exact) mass is 550 g/mol. The third-order valence-corrected chi connectivity index (χ3v) is 7.27. The van der Waals surface area contributed by atoms with Crippen LogP contribution in [0.4, 0.5) is 8.78 Å². The number of carbonyl (C=O) groups is 2. The minimum atomic E-state index is -4.91. The van der Waals surface area contributed by atoms with Crippen LogP contribution in [0.25, 0.3) is 0 Å². The van der Waals surface area contributed by atoms with E-state index in [2.05, 4.69) is 0 Å². The summed E-state index contributed by atoms with van der Waals surface area (Å²) in [5.74, 6) is -6.59. The van der Waals surface area contributed by atoms with Gasteiger partial charge in [-0.05, 0) is 57.8 Å². The van der Waals surface area contributed by atoms with E-state index >= 15 is 0 Å². The molecule has 4 fully saturated rings. The first kappa shape index (κ1) is 23.1. The Kier molecular flexibility index (Phi) is 5.78. The molecule has 4 aliphatic carbocycles. The van der Waals surface area contributed by atoms with Crippen LogP contribution in [0.3, 0.4) is 0 Å². The van der Waals surface area contributed by atoms with Crippen LogP contribution in [0.2, 0.25) is 0 Å². The topological polar surface area (TPSA) is 107 Å². The van der Waals surface area contributed by atoms with Crippen LogP contribution in [0.5, 0.6) is 0 Å². The molecule has 29 heavy (non-hydrogen) atoms. The van der Waals surface area contributed by atoms with Gasteiger partial charge in [0.25, 0.3) is 16.0 Å². The lowest BCUT2D eigenvalue weighted by atomic mass is 9.48. The number of ether oxygens (including phenoxy) is 2. The van der Waals surface area contributed by atoms with E-state index in [1.165, 1.54) is 0 Å². The van der Waals surface area contributed by atoms with Crippen molar-refractivity contribution in [3.8, 4) is 0 Å².